The Hall–Kier alpha value is -0.960. The van der Waals surface area contributed by atoms with Gasteiger partial charge >= 0.3 is 0 Å². The van der Waals surface area contributed by atoms with Crippen LogP contribution < -0.4 is 5.32 Å². The number of aryl methyl sites for hydroxylation is 2. The Labute approximate surface area is 73.2 Å². The van der Waals surface area contributed by atoms with Crippen LogP contribution in [0.1, 0.15) is 23.9 Å². The Morgan fingerprint density at radius 1 is 1.42 bits per heavy atom. The molecule has 1 rings (SSSR count). The maximum absolute atomic E-state index is 4.13. The number of rotatable bonds is 3. The molecule has 0 atom stereocenters. The average Bonchev–Trinajstić information content (AvgIpc) is 2.05. The molecule has 1 heterocycles. The minimum Gasteiger partial charge on any atom is -0.316 e. The van der Waals surface area contributed by atoms with Crippen LogP contribution in [-0.4, -0.2) is 17.2 Å². The molecule has 0 aliphatic carbocycles. The number of hydrogen-bond acceptors (Lipinski definition) is 3. The van der Waals surface area contributed by atoms with Gasteiger partial charge in [-0.3, -0.25) is 0 Å². The van der Waals surface area contributed by atoms with Crippen molar-refractivity contribution in [3.63, 3.8) is 0 Å². The smallest absolute Gasteiger partial charge is 0.0673 e. The van der Waals surface area contributed by atoms with Gasteiger partial charge in [0.25, 0.3) is 0 Å². The van der Waals surface area contributed by atoms with Gasteiger partial charge in [0, 0.05) is 6.54 Å². The predicted octanol–water partition coefficient (Wildman–Crippen LogP) is 1.07. The molecule has 66 valence electrons. The summed E-state index contributed by atoms with van der Waals surface area (Å²) in [5.41, 5.74) is 3.33. The Kier molecular flexibility index (Phi) is 3.17. The van der Waals surface area contributed by atoms with Crippen molar-refractivity contribution < 1.29 is 0 Å². The fourth-order valence-corrected chi connectivity index (χ4v) is 1.21. The minimum absolute atomic E-state index is 0.875. The van der Waals surface area contributed by atoms with Gasteiger partial charge in [-0.25, -0.2) is 0 Å². The lowest BCUT2D eigenvalue weighted by molar-refractivity contribution is 0.770. The van der Waals surface area contributed by atoms with Crippen LogP contribution in [0, 0.1) is 6.92 Å². The lowest BCUT2D eigenvalue weighted by Gasteiger charge is -2.05. The van der Waals surface area contributed by atoms with Gasteiger partial charge in [0.1, 0.15) is 0 Å². The Bertz CT molecular complexity index is 258. The fourth-order valence-electron chi connectivity index (χ4n) is 1.21. The van der Waals surface area contributed by atoms with Gasteiger partial charge in [-0.15, -0.1) is 0 Å². The molecule has 0 aliphatic heterocycles. The molecule has 1 N–H and O–H groups in total. The van der Waals surface area contributed by atoms with Gasteiger partial charge in [-0.2, -0.15) is 10.2 Å². The number of nitrogens with one attached hydrogen (secondary N) is 1. The first-order chi connectivity index (χ1) is 5.77. The second-order valence-electron chi connectivity index (χ2n) is 2.84. The minimum atomic E-state index is 0.875. The monoisotopic (exact) mass is 165 g/mol. The molecule has 0 aromatic carbocycles. The first kappa shape index (κ1) is 9.13. The molecule has 1 aromatic rings. The van der Waals surface area contributed by atoms with Gasteiger partial charge in [-0.1, -0.05) is 6.92 Å². The fraction of sp³-hybridized carbons (Fsp3) is 0.556. The summed E-state index contributed by atoms with van der Waals surface area (Å²) in [4.78, 5) is 0. The van der Waals surface area contributed by atoms with E-state index in [2.05, 4.69) is 28.5 Å². The normalized spacial score (nSPS) is 10.2. The van der Waals surface area contributed by atoms with E-state index in [1.165, 1.54) is 5.56 Å². The Morgan fingerprint density at radius 3 is 2.75 bits per heavy atom. The summed E-state index contributed by atoms with van der Waals surface area (Å²) in [6.07, 6.45) is 0.949. The summed E-state index contributed by atoms with van der Waals surface area (Å²) in [7, 11) is 1.94. The highest BCUT2D eigenvalue weighted by Gasteiger charge is 2.01. The zero-order chi connectivity index (χ0) is 8.97. The van der Waals surface area contributed by atoms with Crippen molar-refractivity contribution in [3.05, 3.63) is 23.0 Å². The van der Waals surface area contributed by atoms with Crippen molar-refractivity contribution in [2.24, 2.45) is 0 Å². The van der Waals surface area contributed by atoms with Crippen molar-refractivity contribution in [1.29, 1.82) is 0 Å². The van der Waals surface area contributed by atoms with Gasteiger partial charge in [0.2, 0.25) is 0 Å². The van der Waals surface area contributed by atoms with Crippen LogP contribution in [0.2, 0.25) is 0 Å². The number of aromatic nitrogens is 2. The van der Waals surface area contributed by atoms with E-state index in [-0.39, 0.29) is 0 Å². The molecule has 0 unspecified atom stereocenters. The average molecular weight is 165 g/mol. The van der Waals surface area contributed by atoms with Crippen LogP contribution in [0.15, 0.2) is 6.07 Å². The first-order valence-electron chi connectivity index (χ1n) is 4.24. The van der Waals surface area contributed by atoms with Gasteiger partial charge in [-0.05, 0) is 32.0 Å². The highest BCUT2D eigenvalue weighted by molar-refractivity contribution is 5.20. The van der Waals surface area contributed by atoms with E-state index in [1.807, 2.05) is 14.0 Å². The molecule has 1 aromatic heterocycles. The van der Waals surface area contributed by atoms with Crippen molar-refractivity contribution >= 4 is 0 Å². The molecule has 0 radical (unpaired) electrons. The van der Waals surface area contributed by atoms with E-state index >= 15 is 0 Å². The Balaban J connectivity index is 2.95. The first-order valence-corrected chi connectivity index (χ1v) is 4.24. The molecule has 0 saturated heterocycles. The maximum Gasteiger partial charge on any atom is 0.0673 e. The van der Waals surface area contributed by atoms with Gasteiger partial charge in [0.05, 0.1) is 11.4 Å². The summed E-state index contributed by atoms with van der Waals surface area (Å²) in [5.74, 6) is 0. The highest BCUT2D eigenvalue weighted by atomic mass is 15.1. The molecule has 12 heavy (non-hydrogen) atoms. The van der Waals surface area contributed by atoms with Crippen molar-refractivity contribution in [2.45, 2.75) is 26.8 Å². The molecule has 0 aliphatic rings. The maximum atomic E-state index is 4.13. The van der Waals surface area contributed by atoms with Crippen LogP contribution in [0.25, 0.3) is 0 Å². The third-order valence-corrected chi connectivity index (χ3v) is 1.78. The third kappa shape index (κ3) is 2.01. The number of nitrogens with zero attached hydrogens (tertiary/aromatic N) is 2. The molecular formula is C9H15N3. The quantitative estimate of drug-likeness (QED) is 0.728. The van der Waals surface area contributed by atoms with Crippen molar-refractivity contribution in [3.8, 4) is 0 Å². The van der Waals surface area contributed by atoms with E-state index in [9.17, 15) is 0 Å². The van der Waals surface area contributed by atoms with Crippen molar-refractivity contribution in [2.75, 3.05) is 7.05 Å². The summed E-state index contributed by atoms with van der Waals surface area (Å²) in [6.45, 7) is 4.93. The summed E-state index contributed by atoms with van der Waals surface area (Å²) >= 11 is 0. The van der Waals surface area contributed by atoms with Crippen LogP contribution in [-0.2, 0) is 13.0 Å². The van der Waals surface area contributed by atoms with Gasteiger partial charge < -0.3 is 5.32 Å². The van der Waals surface area contributed by atoms with E-state index in [0.717, 1.165) is 24.4 Å². The van der Waals surface area contributed by atoms with E-state index in [4.69, 9.17) is 0 Å². The lowest BCUT2D eigenvalue weighted by Crippen LogP contribution is -2.10. The van der Waals surface area contributed by atoms with E-state index < -0.39 is 0 Å². The van der Waals surface area contributed by atoms with Crippen LogP contribution in [0.5, 0.6) is 0 Å². The molecule has 0 amide bonds. The zero-order valence-electron chi connectivity index (χ0n) is 7.89. The summed E-state index contributed by atoms with van der Waals surface area (Å²) in [5, 5.41) is 11.3. The molecular weight excluding hydrogens is 150 g/mol. The second-order valence-corrected chi connectivity index (χ2v) is 2.84. The second kappa shape index (κ2) is 4.16. The predicted molar refractivity (Wildman–Crippen MR) is 48.9 cm³/mol. The Morgan fingerprint density at radius 2 is 2.17 bits per heavy atom. The third-order valence-electron chi connectivity index (χ3n) is 1.78. The molecule has 0 saturated carbocycles. The number of hydrogen-bond donors (Lipinski definition) is 1. The molecule has 0 spiro atoms. The van der Waals surface area contributed by atoms with Crippen molar-refractivity contribution in [1.82, 2.24) is 15.5 Å². The molecule has 0 fully saturated rings. The largest absolute Gasteiger partial charge is 0.316 e. The van der Waals surface area contributed by atoms with Gasteiger partial charge in [0.15, 0.2) is 0 Å². The van der Waals surface area contributed by atoms with Crippen LogP contribution >= 0.6 is 0 Å². The lowest BCUT2D eigenvalue weighted by atomic mass is 10.1. The zero-order valence-corrected chi connectivity index (χ0v) is 7.89. The molecule has 3 nitrogen and oxygen atoms in total. The molecule has 0 bridgehead atoms. The SMILES string of the molecule is CCc1nnc(C)cc1CNC. The van der Waals surface area contributed by atoms with Crippen LogP contribution in [0.3, 0.4) is 0 Å². The summed E-state index contributed by atoms with van der Waals surface area (Å²) < 4.78 is 0. The highest BCUT2D eigenvalue weighted by Crippen LogP contribution is 2.06. The topological polar surface area (TPSA) is 37.8 Å². The standard InChI is InChI=1S/C9H15N3/c1-4-9-8(6-10-3)5-7(2)11-12-9/h5,10H,4,6H2,1-3H3. The van der Waals surface area contributed by atoms with E-state index in [0.29, 0.717) is 0 Å². The van der Waals surface area contributed by atoms with E-state index in [1.54, 1.807) is 0 Å². The van der Waals surface area contributed by atoms with Crippen LogP contribution in [0.4, 0.5) is 0 Å². The molecule has 3 heteroatoms. The summed E-state index contributed by atoms with van der Waals surface area (Å²) in [6, 6.07) is 2.09.